The second-order valence-corrected chi connectivity index (χ2v) is 7.57. The predicted molar refractivity (Wildman–Crippen MR) is 104 cm³/mol. The first-order valence-electron chi connectivity index (χ1n) is 8.39. The third-order valence-corrected chi connectivity index (χ3v) is 5.41. The molecule has 6 nitrogen and oxygen atoms in total. The summed E-state index contributed by atoms with van der Waals surface area (Å²) in [6.07, 6.45) is 0. The normalized spacial score (nSPS) is 11.3. The second kappa shape index (κ2) is 9.56. The predicted octanol–water partition coefficient (Wildman–Crippen LogP) is 2.90. The van der Waals surface area contributed by atoms with E-state index in [1.54, 1.807) is 50.6 Å². The van der Waals surface area contributed by atoms with Gasteiger partial charge in [0.05, 0.1) is 23.8 Å². The van der Waals surface area contributed by atoms with E-state index >= 15 is 0 Å². The Morgan fingerprint density at radius 3 is 2.04 bits per heavy atom. The summed E-state index contributed by atoms with van der Waals surface area (Å²) < 4.78 is 38.1. The van der Waals surface area contributed by atoms with Crippen LogP contribution in [0.1, 0.15) is 5.56 Å². The largest absolute Gasteiger partial charge is 0.383 e. The maximum atomic E-state index is 12.6. The Morgan fingerprint density at radius 1 is 0.923 bits per heavy atom. The molecule has 0 saturated heterocycles. The monoisotopic (exact) mass is 378 g/mol. The van der Waals surface area contributed by atoms with Gasteiger partial charge in [-0.1, -0.05) is 18.2 Å². The van der Waals surface area contributed by atoms with Crippen LogP contribution in [0.4, 0.5) is 11.4 Å². The van der Waals surface area contributed by atoms with Gasteiger partial charge >= 0.3 is 0 Å². The van der Waals surface area contributed by atoms with Gasteiger partial charge in [-0.2, -0.15) is 0 Å². The van der Waals surface area contributed by atoms with Crippen LogP contribution in [0.5, 0.6) is 0 Å². The maximum absolute atomic E-state index is 12.6. The Labute approximate surface area is 155 Å². The summed E-state index contributed by atoms with van der Waals surface area (Å²) >= 11 is 0. The Hall–Kier alpha value is -2.09. The van der Waals surface area contributed by atoms with Gasteiger partial charge in [-0.15, -0.1) is 0 Å². The van der Waals surface area contributed by atoms with Crippen LogP contribution >= 0.6 is 0 Å². The molecule has 2 rings (SSSR count). The van der Waals surface area contributed by atoms with Crippen molar-refractivity contribution < 1.29 is 17.9 Å². The topological polar surface area (TPSA) is 67.9 Å². The molecule has 0 atom stereocenters. The molecule has 0 unspecified atom stereocenters. The van der Waals surface area contributed by atoms with Crippen molar-refractivity contribution in [3.63, 3.8) is 0 Å². The lowest BCUT2D eigenvalue weighted by Crippen LogP contribution is -2.30. The highest BCUT2D eigenvalue weighted by molar-refractivity contribution is 7.92. The molecule has 0 radical (unpaired) electrons. The molecule has 7 heteroatoms. The van der Waals surface area contributed by atoms with E-state index in [4.69, 9.17) is 9.47 Å². The lowest BCUT2D eigenvalue weighted by atomic mass is 10.2. The molecule has 0 aliphatic rings. The van der Waals surface area contributed by atoms with Crippen molar-refractivity contribution >= 4 is 21.4 Å². The molecule has 2 aromatic rings. The number of anilines is 2. The van der Waals surface area contributed by atoms with Gasteiger partial charge < -0.3 is 14.4 Å². The van der Waals surface area contributed by atoms with Crippen molar-refractivity contribution in [1.82, 2.24) is 0 Å². The van der Waals surface area contributed by atoms with Crippen LogP contribution in [0.15, 0.2) is 53.4 Å². The molecule has 26 heavy (non-hydrogen) atoms. The van der Waals surface area contributed by atoms with Crippen molar-refractivity contribution in [3.05, 3.63) is 54.1 Å². The van der Waals surface area contributed by atoms with Gasteiger partial charge in [0.15, 0.2) is 0 Å². The van der Waals surface area contributed by atoms with Gasteiger partial charge in [0.25, 0.3) is 10.0 Å². The molecule has 0 heterocycles. The zero-order chi connectivity index (χ0) is 19.0. The van der Waals surface area contributed by atoms with E-state index in [-0.39, 0.29) is 4.90 Å². The Bertz CT molecular complexity index is 783. The summed E-state index contributed by atoms with van der Waals surface area (Å²) in [6, 6.07) is 14.1. The summed E-state index contributed by atoms with van der Waals surface area (Å²) in [6.45, 7) is 4.43. The summed E-state index contributed by atoms with van der Waals surface area (Å²) in [7, 11) is -0.322. The summed E-state index contributed by atoms with van der Waals surface area (Å²) in [5.41, 5.74) is 2.38. The minimum Gasteiger partial charge on any atom is -0.383 e. The van der Waals surface area contributed by atoms with Gasteiger partial charge in [-0.3, -0.25) is 4.72 Å². The standard InChI is InChI=1S/C19H26N2O4S/c1-16-6-4-5-7-19(16)20-26(22,23)18-10-8-17(9-11-18)21(12-14-24-2)13-15-25-3/h4-11,20H,12-15H2,1-3H3. The number of hydrogen-bond acceptors (Lipinski definition) is 5. The van der Waals surface area contributed by atoms with E-state index in [0.29, 0.717) is 32.0 Å². The minimum atomic E-state index is -3.63. The fraction of sp³-hybridized carbons (Fsp3) is 0.368. The number of hydrogen-bond donors (Lipinski definition) is 1. The van der Waals surface area contributed by atoms with Gasteiger partial charge in [0.1, 0.15) is 0 Å². The van der Waals surface area contributed by atoms with Gasteiger partial charge in [-0.05, 0) is 42.8 Å². The van der Waals surface area contributed by atoms with Crippen molar-refractivity contribution in [2.45, 2.75) is 11.8 Å². The van der Waals surface area contributed by atoms with E-state index in [1.807, 2.05) is 19.1 Å². The zero-order valence-corrected chi connectivity index (χ0v) is 16.3. The molecular weight excluding hydrogens is 352 g/mol. The Morgan fingerprint density at radius 2 is 1.50 bits per heavy atom. The lowest BCUT2D eigenvalue weighted by Gasteiger charge is -2.24. The number of nitrogens with zero attached hydrogens (tertiary/aromatic N) is 1. The highest BCUT2D eigenvalue weighted by atomic mass is 32.2. The van der Waals surface area contributed by atoms with E-state index < -0.39 is 10.0 Å². The van der Waals surface area contributed by atoms with E-state index in [1.165, 1.54) is 0 Å². The molecule has 2 aromatic carbocycles. The van der Waals surface area contributed by atoms with Crippen molar-refractivity contribution in [3.8, 4) is 0 Å². The molecule has 0 fully saturated rings. The first kappa shape index (κ1) is 20.2. The average Bonchev–Trinajstić information content (AvgIpc) is 2.64. The van der Waals surface area contributed by atoms with Gasteiger partial charge in [0.2, 0.25) is 0 Å². The molecule has 0 saturated carbocycles. The number of benzene rings is 2. The van der Waals surface area contributed by atoms with Crippen LogP contribution in [0.2, 0.25) is 0 Å². The molecule has 1 N–H and O–H groups in total. The van der Waals surface area contributed by atoms with Crippen LogP contribution in [0, 0.1) is 6.92 Å². The highest BCUT2D eigenvalue weighted by Crippen LogP contribution is 2.22. The number of nitrogens with one attached hydrogen (secondary N) is 1. The third-order valence-electron chi connectivity index (χ3n) is 4.03. The minimum absolute atomic E-state index is 0.225. The first-order chi connectivity index (χ1) is 12.5. The number of methoxy groups -OCH3 is 2. The number of aryl methyl sites for hydroxylation is 1. The second-order valence-electron chi connectivity index (χ2n) is 5.89. The van der Waals surface area contributed by atoms with E-state index in [9.17, 15) is 8.42 Å². The Balaban J connectivity index is 2.17. The van der Waals surface area contributed by atoms with Crippen molar-refractivity contribution in [1.29, 1.82) is 0 Å². The summed E-state index contributed by atoms with van der Waals surface area (Å²) in [5.74, 6) is 0. The zero-order valence-electron chi connectivity index (χ0n) is 15.4. The molecule has 0 aromatic heterocycles. The summed E-state index contributed by atoms with van der Waals surface area (Å²) in [4.78, 5) is 2.32. The number of ether oxygens (including phenoxy) is 2. The molecule has 0 amide bonds. The van der Waals surface area contributed by atoms with Gasteiger partial charge in [-0.25, -0.2) is 8.42 Å². The summed E-state index contributed by atoms with van der Waals surface area (Å²) in [5, 5.41) is 0. The fourth-order valence-corrected chi connectivity index (χ4v) is 3.63. The van der Waals surface area contributed by atoms with Crippen LogP contribution in [0.25, 0.3) is 0 Å². The molecule has 0 bridgehead atoms. The van der Waals surface area contributed by atoms with Crippen molar-refractivity contribution in [2.24, 2.45) is 0 Å². The molecule has 0 aliphatic carbocycles. The number of para-hydroxylation sites is 1. The molecule has 0 aliphatic heterocycles. The maximum Gasteiger partial charge on any atom is 0.261 e. The smallest absolute Gasteiger partial charge is 0.261 e. The first-order valence-corrected chi connectivity index (χ1v) is 9.87. The molecule has 142 valence electrons. The molecular formula is C19H26N2O4S. The number of rotatable bonds is 10. The van der Waals surface area contributed by atoms with Crippen molar-refractivity contribution in [2.75, 3.05) is 50.1 Å². The van der Waals surface area contributed by atoms with Crippen LogP contribution < -0.4 is 9.62 Å². The SMILES string of the molecule is COCCN(CCOC)c1ccc(S(=O)(=O)Nc2ccccc2C)cc1. The highest BCUT2D eigenvalue weighted by Gasteiger charge is 2.16. The van der Waals surface area contributed by atoms with E-state index in [2.05, 4.69) is 9.62 Å². The van der Waals surface area contributed by atoms with Crippen LogP contribution in [-0.4, -0.2) is 48.9 Å². The van der Waals surface area contributed by atoms with E-state index in [0.717, 1.165) is 11.3 Å². The van der Waals surface area contributed by atoms with Gasteiger partial charge in [0, 0.05) is 33.0 Å². The van der Waals surface area contributed by atoms with Crippen LogP contribution in [0.3, 0.4) is 0 Å². The average molecular weight is 378 g/mol. The quantitative estimate of drug-likeness (QED) is 0.689. The third kappa shape index (κ3) is 5.45. The molecule has 0 spiro atoms. The Kier molecular flexibility index (Phi) is 7.44. The lowest BCUT2D eigenvalue weighted by molar-refractivity contribution is 0.190. The fourth-order valence-electron chi connectivity index (χ4n) is 2.50. The van der Waals surface area contributed by atoms with Crippen LogP contribution in [-0.2, 0) is 19.5 Å². The number of sulfonamides is 1.